The summed E-state index contributed by atoms with van der Waals surface area (Å²) in [4.78, 5) is 13.4. The van der Waals surface area contributed by atoms with Crippen molar-refractivity contribution >= 4 is 11.4 Å². The monoisotopic (exact) mass is 453 g/mol. The topological polar surface area (TPSA) is 94.5 Å². The quantitative estimate of drug-likeness (QED) is 0.544. The first kappa shape index (κ1) is 24.6. The summed E-state index contributed by atoms with van der Waals surface area (Å²) in [6.45, 7) is 16.4. The third-order valence-electron chi connectivity index (χ3n) is 6.17. The number of nitrogens with one attached hydrogen (secondary N) is 1. The van der Waals surface area contributed by atoms with E-state index in [1.165, 1.54) is 9.20 Å². The fraction of sp³-hybridized carbons (Fsp3) is 0.520. The van der Waals surface area contributed by atoms with Crippen LogP contribution in [0.3, 0.4) is 0 Å². The Morgan fingerprint density at radius 2 is 1.67 bits per heavy atom. The molecule has 0 aliphatic rings. The molecule has 0 aliphatic carbocycles. The fourth-order valence-electron chi connectivity index (χ4n) is 3.53. The number of carbonyl (C=O) groups excluding carboxylic acids is 1. The second-order valence-corrected chi connectivity index (χ2v) is 9.89. The lowest BCUT2D eigenvalue weighted by atomic mass is 9.82. The molecule has 2 aromatic heterocycles. The third-order valence-corrected chi connectivity index (χ3v) is 6.17. The van der Waals surface area contributed by atoms with Crippen LogP contribution in [-0.2, 0) is 22.3 Å². The lowest BCUT2D eigenvalue weighted by molar-refractivity contribution is 0.0191. The van der Waals surface area contributed by atoms with Crippen molar-refractivity contribution in [1.82, 2.24) is 19.4 Å². The maximum atomic E-state index is 13.4. The highest BCUT2D eigenvalue weighted by molar-refractivity contribution is 5.96. The van der Waals surface area contributed by atoms with Crippen LogP contribution in [0.1, 0.15) is 74.2 Å². The van der Waals surface area contributed by atoms with Gasteiger partial charge in [0.1, 0.15) is 6.54 Å². The van der Waals surface area contributed by atoms with E-state index in [-0.39, 0.29) is 23.4 Å². The summed E-state index contributed by atoms with van der Waals surface area (Å²) in [6, 6.07) is 5.90. The van der Waals surface area contributed by atoms with Crippen molar-refractivity contribution in [2.75, 3.05) is 13.7 Å². The molecule has 178 valence electrons. The Morgan fingerprint density at radius 3 is 2.24 bits per heavy atom. The Labute approximate surface area is 195 Å². The molecule has 0 spiro atoms. The van der Waals surface area contributed by atoms with Gasteiger partial charge in [-0.15, -0.1) is 10.2 Å². The van der Waals surface area contributed by atoms with Gasteiger partial charge in [-0.1, -0.05) is 26.8 Å². The molecular formula is C25H35N5O3. The maximum Gasteiger partial charge on any atom is 0.242 e. The van der Waals surface area contributed by atoms with Gasteiger partial charge in [0.2, 0.25) is 11.5 Å². The number of aryl methyl sites for hydroxylation is 1. The number of Topliss-reactive ketones (excluding diaryl/α,β-unsaturated/α-hetero) is 1. The van der Waals surface area contributed by atoms with E-state index < -0.39 is 5.60 Å². The molecule has 0 saturated heterocycles. The van der Waals surface area contributed by atoms with Gasteiger partial charge in [-0.05, 0) is 63.3 Å². The van der Waals surface area contributed by atoms with Crippen molar-refractivity contribution in [2.45, 2.75) is 73.0 Å². The van der Waals surface area contributed by atoms with Gasteiger partial charge >= 0.3 is 0 Å². The minimum atomic E-state index is -0.540. The predicted octanol–water partition coefficient (Wildman–Crippen LogP) is 4.09. The molecule has 0 atom stereocenters. The van der Waals surface area contributed by atoms with Crippen LogP contribution in [0.25, 0.3) is 5.65 Å². The van der Waals surface area contributed by atoms with E-state index >= 15 is 0 Å². The van der Waals surface area contributed by atoms with E-state index in [1.807, 2.05) is 46.8 Å². The van der Waals surface area contributed by atoms with Gasteiger partial charge in [-0.2, -0.15) is 4.52 Å². The molecule has 2 heterocycles. The largest absolute Gasteiger partial charge is 0.477 e. The fourth-order valence-corrected chi connectivity index (χ4v) is 3.53. The molecule has 8 nitrogen and oxygen atoms in total. The number of benzene rings is 1. The predicted molar refractivity (Wildman–Crippen MR) is 127 cm³/mol. The molecule has 0 amide bonds. The van der Waals surface area contributed by atoms with Crippen LogP contribution in [0.15, 0.2) is 18.2 Å². The number of fused-ring (bicyclic) bond motifs is 1. The second kappa shape index (κ2) is 8.74. The number of hydrogen-bond acceptors (Lipinski definition) is 6. The number of ketones is 1. The average Bonchev–Trinajstić information content (AvgIpc) is 3.06. The van der Waals surface area contributed by atoms with Crippen LogP contribution < -0.4 is 10.4 Å². The first-order valence-corrected chi connectivity index (χ1v) is 11.2. The van der Waals surface area contributed by atoms with Crippen molar-refractivity contribution in [3.63, 3.8) is 0 Å². The van der Waals surface area contributed by atoms with Gasteiger partial charge < -0.3 is 9.47 Å². The number of carbonyl (C=O) groups is 1. The molecule has 33 heavy (non-hydrogen) atoms. The van der Waals surface area contributed by atoms with Crippen molar-refractivity contribution in [1.29, 1.82) is 5.41 Å². The van der Waals surface area contributed by atoms with Crippen molar-refractivity contribution in [3.8, 4) is 5.88 Å². The second-order valence-electron chi connectivity index (χ2n) is 9.89. The standard InChI is InChI=1S/C25H35N5O3/c1-10-33-22-16(3)15(2)21-27-29(23(26)30(21)28-22)14-20(31)17-11-18(24(4,5)6)13-19(12-17)25(7,8)32-9/h11-13,26H,10,14H2,1-9H3. The van der Waals surface area contributed by atoms with Crippen LogP contribution in [0.2, 0.25) is 0 Å². The number of hydrogen-bond donors (Lipinski definition) is 1. The van der Waals surface area contributed by atoms with Crippen LogP contribution in [-0.4, -0.2) is 38.9 Å². The Hall–Kier alpha value is -3.00. The summed E-state index contributed by atoms with van der Waals surface area (Å²) in [5.74, 6) is 0.340. The number of ether oxygens (including phenoxy) is 2. The summed E-state index contributed by atoms with van der Waals surface area (Å²) in [7, 11) is 1.66. The Balaban J connectivity index is 2.07. The number of rotatable bonds is 7. The van der Waals surface area contributed by atoms with Crippen LogP contribution in [0.5, 0.6) is 5.88 Å². The maximum absolute atomic E-state index is 13.4. The molecule has 0 saturated carbocycles. The molecule has 0 unspecified atom stereocenters. The van der Waals surface area contributed by atoms with Crippen LogP contribution in [0, 0.1) is 19.3 Å². The van der Waals surface area contributed by atoms with E-state index in [0.717, 1.165) is 22.3 Å². The summed E-state index contributed by atoms with van der Waals surface area (Å²) in [6.07, 6.45) is 0. The summed E-state index contributed by atoms with van der Waals surface area (Å²) < 4.78 is 14.1. The minimum Gasteiger partial charge on any atom is -0.477 e. The van der Waals surface area contributed by atoms with Crippen molar-refractivity contribution in [2.24, 2.45) is 0 Å². The summed E-state index contributed by atoms with van der Waals surface area (Å²) in [5, 5.41) is 17.5. The van der Waals surface area contributed by atoms with E-state index in [9.17, 15) is 4.79 Å². The molecule has 3 rings (SSSR count). The number of aromatic nitrogens is 4. The Morgan fingerprint density at radius 1 is 1.03 bits per heavy atom. The SMILES string of the molecule is CCOc1nn2c(=N)n(CC(=O)c3cc(C(C)(C)C)cc(C(C)(C)OC)c3)nc2c(C)c1C. The van der Waals surface area contributed by atoms with E-state index in [4.69, 9.17) is 14.9 Å². The van der Waals surface area contributed by atoms with Crippen LogP contribution >= 0.6 is 0 Å². The zero-order chi connectivity index (χ0) is 24.7. The zero-order valence-electron chi connectivity index (χ0n) is 21.2. The third kappa shape index (κ3) is 4.71. The molecule has 1 N–H and O–H groups in total. The molecule has 0 radical (unpaired) electrons. The highest BCUT2D eigenvalue weighted by atomic mass is 16.5. The molecular weight excluding hydrogens is 418 g/mol. The molecule has 3 aromatic rings. The molecule has 1 aromatic carbocycles. The van der Waals surface area contributed by atoms with Gasteiger partial charge in [0, 0.05) is 23.8 Å². The molecule has 0 fully saturated rings. The average molecular weight is 454 g/mol. The first-order chi connectivity index (χ1) is 15.3. The van der Waals surface area contributed by atoms with Crippen LogP contribution in [0.4, 0.5) is 0 Å². The smallest absolute Gasteiger partial charge is 0.242 e. The van der Waals surface area contributed by atoms with Gasteiger partial charge in [-0.25, -0.2) is 4.68 Å². The van der Waals surface area contributed by atoms with Gasteiger partial charge in [0.25, 0.3) is 0 Å². The first-order valence-electron chi connectivity index (χ1n) is 11.2. The highest BCUT2D eigenvalue weighted by Gasteiger charge is 2.25. The number of nitrogens with zero attached hydrogens (tertiary/aromatic N) is 4. The highest BCUT2D eigenvalue weighted by Crippen LogP contribution is 2.31. The minimum absolute atomic E-state index is 0.0202. The summed E-state index contributed by atoms with van der Waals surface area (Å²) >= 11 is 0. The normalized spacial score (nSPS) is 12.4. The van der Waals surface area contributed by atoms with E-state index in [1.54, 1.807) is 7.11 Å². The lowest BCUT2D eigenvalue weighted by Gasteiger charge is -2.28. The van der Waals surface area contributed by atoms with Crippen molar-refractivity contribution < 1.29 is 14.3 Å². The lowest BCUT2D eigenvalue weighted by Crippen LogP contribution is -2.27. The summed E-state index contributed by atoms with van der Waals surface area (Å²) in [5.41, 5.74) is 4.17. The molecule has 0 aliphatic heterocycles. The molecule has 0 bridgehead atoms. The number of methoxy groups -OCH3 is 1. The van der Waals surface area contributed by atoms with Gasteiger partial charge in [0.15, 0.2) is 11.4 Å². The molecule has 8 heteroatoms. The van der Waals surface area contributed by atoms with Gasteiger partial charge in [0.05, 0.1) is 12.2 Å². The van der Waals surface area contributed by atoms with E-state index in [0.29, 0.717) is 23.7 Å². The van der Waals surface area contributed by atoms with Crippen molar-refractivity contribution in [3.05, 3.63) is 51.6 Å². The Bertz CT molecular complexity index is 1260. The van der Waals surface area contributed by atoms with Gasteiger partial charge in [-0.3, -0.25) is 10.2 Å². The van der Waals surface area contributed by atoms with E-state index in [2.05, 4.69) is 37.0 Å². The zero-order valence-corrected chi connectivity index (χ0v) is 21.2. The Kier molecular flexibility index (Phi) is 6.53.